The van der Waals surface area contributed by atoms with Crippen LogP contribution in [0.3, 0.4) is 0 Å². The van der Waals surface area contributed by atoms with Crippen LogP contribution in [0.25, 0.3) is 22.2 Å². The van der Waals surface area contributed by atoms with Gasteiger partial charge < -0.3 is 10.2 Å². The molecule has 1 fully saturated rings. The molecule has 1 aliphatic rings. The van der Waals surface area contributed by atoms with Gasteiger partial charge in [-0.2, -0.15) is 0 Å². The molecule has 0 spiro atoms. The molecule has 1 aromatic carbocycles. The van der Waals surface area contributed by atoms with E-state index in [0.717, 1.165) is 35.1 Å². The van der Waals surface area contributed by atoms with Crippen molar-refractivity contribution < 1.29 is 4.79 Å². The first-order valence-corrected chi connectivity index (χ1v) is 10.6. The summed E-state index contributed by atoms with van der Waals surface area (Å²) in [5, 5.41) is 4.00. The fourth-order valence-electron chi connectivity index (χ4n) is 3.99. The molecule has 5 nitrogen and oxygen atoms in total. The monoisotopic (exact) mass is 388 g/mol. The number of carbonyl (C=O) groups is 1. The molecule has 1 N–H and O–H groups in total. The Morgan fingerprint density at radius 3 is 2.55 bits per heavy atom. The maximum absolute atomic E-state index is 13.0. The van der Waals surface area contributed by atoms with Gasteiger partial charge in [0, 0.05) is 29.9 Å². The van der Waals surface area contributed by atoms with Crippen molar-refractivity contribution in [3.05, 3.63) is 60.4 Å². The molecular weight excluding hydrogens is 360 g/mol. The van der Waals surface area contributed by atoms with Crippen molar-refractivity contribution in [2.45, 2.75) is 32.1 Å². The standard InChI is InChI=1S/C24H28N4O/c29-24(26-12-7-17-28-15-5-1-2-6-16-28)21-18-23(19-10-13-25-14-11-19)27-22-9-4-3-8-20(21)22/h3-4,8-11,13-14,18H,1-2,5-7,12,15-17H2,(H,26,29). The Labute approximate surface area is 172 Å². The zero-order valence-corrected chi connectivity index (χ0v) is 16.8. The van der Waals surface area contributed by atoms with Gasteiger partial charge in [0.2, 0.25) is 0 Å². The molecule has 3 heterocycles. The first kappa shape index (κ1) is 19.5. The van der Waals surface area contributed by atoms with Gasteiger partial charge >= 0.3 is 0 Å². The molecule has 0 saturated carbocycles. The summed E-state index contributed by atoms with van der Waals surface area (Å²) in [6.45, 7) is 4.13. The van der Waals surface area contributed by atoms with Crippen LogP contribution in [0.5, 0.6) is 0 Å². The number of benzene rings is 1. The van der Waals surface area contributed by atoms with E-state index in [1.165, 1.54) is 38.8 Å². The highest BCUT2D eigenvalue weighted by Crippen LogP contribution is 2.24. The molecule has 1 aliphatic heterocycles. The second kappa shape index (κ2) is 9.61. The lowest BCUT2D eigenvalue weighted by atomic mass is 10.0. The van der Waals surface area contributed by atoms with E-state index in [0.29, 0.717) is 12.1 Å². The average Bonchev–Trinajstić information content (AvgIpc) is 3.05. The SMILES string of the molecule is O=C(NCCCN1CCCCCC1)c1cc(-c2ccncc2)nc2ccccc12. The molecule has 4 rings (SSSR count). The molecule has 0 unspecified atom stereocenters. The number of likely N-dealkylation sites (tertiary alicyclic amines) is 1. The molecule has 0 atom stereocenters. The molecule has 2 aromatic heterocycles. The number of hydrogen-bond donors (Lipinski definition) is 1. The van der Waals surface area contributed by atoms with Crippen molar-refractivity contribution in [3.63, 3.8) is 0 Å². The van der Waals surface area contributed by atoms with Gasteiger partial charge in [-0.25, -0.2) is 4.98 Å². The van der Waals surface area contributed by atoms with Crippen LogP contribution in [0.4, 0.5) is 0 Å². The zero-order valence-electron chi connectivity index (χ0n) is 16.8. The first-order valence-electron chi connectivity index (χ1n) is 10.6. The molecule has 29 heavy (non-hydrogen) atoms. The van der Waals surface area contributed by atoms with Gasteiger partial charge in [0.25, 0.3) is 5.91 Å². The number of carbonyl (C=O) groups excluding carboxylic acids is 1. The fourth-order valence-corrected chi connectivity index (χ4v) is 3.99. The summed E-state index contributed by atoms with van der Waals surface area (Å²) in [7, 11) is 0. The van der Waals surface area contributed by atoms with E-state index in [4.69, 9.17) is 4.98 Å². The molecular formula is C24H28N4O. The molecule has 5 heteroatoms. The molecule has 150 valence electrons. The van der Waals surface area contributed by atoms with Gasteiger partial charge in [-0.3, -0.25) is 9.78 Å². The minimum Gasteiger partial charge on any atom is -0.352 e. The van der Waals surface area contributed by atoms with Crippen molar-refractivity contribution in [3.8, 4) is 11.3 Å². The highest BCUT2D eigenvalue weighted by atomic mass is 16.1. The lowest BCUT2D eigenvalue weighted by molar-refractivity contribution is 0.0953. The Morgan fingerprint density at radius 2 is 1.76 bits per heavy atom. The third-order valence-electron chi connectivity index (χ3n) is 5.57. The number of hydrogen-bond acceptors (Lipinski definition) is 4. The van der Waals surface area contributed by atoms with Crippen LogP contribution < -0.4 is 5.32 Å². The summed E-state index contributed by atoms with van der Waals surface area (Å²) in [5.74, 6) is -0.0326. The van der Waals surface area contributed by atoms with E-state index in [9.17, 15) is 4.79 Å². The second-order valence-electron chi connectivity index (χ2n) is 7.67. The van der Waals surface area contributed by atoms with E-state index in [1.54, 1.807) is 12.4 Å². The third-order valence-corrected chi connectivity index (χ3v) is 5.57. The van der Waals surface area contributed by atoms with Crippen molar-refractivity contribution in [1.82, 2.24) is 20.2 Å². The highest BCUT2D eigenvalue weighted by molar-refractivity contribution is 6.07. The summed E-state index contributed by atoms with van der Waals surface area (Å²) in [6.07, 6.45) is 9.76. The van der Waals surface area contributed by atoms with Crippen molar-refractivity contribution in [2.75, 3.05) is 26.2 Å². The van der Waals surface area contributed by atoms with Crippen molar-refractivity contribution >= 4 is 16.8 Å². The molecule has 0 aliphatic carbocycles. The van der Waals surface area contributed by atoms with E-state index >= 15 is 0 Å². The van der Waals surface area contributed by atoms with Gasteiger partial charge in [0.1, 0.15) is 0 Å². The molecule has 1 amide bonds. The maximum atomic E-state index is 13.0. The fraction of sp³-hybridized carbons (Fsp3) is 0.375. The van der Waals surface area contributed by atoms with E-state index in [1.807, 2.05) is 42.5 Å². The molecule has 3 aromatic rings. The predicted molar refractivity (Wildman–Crippen MR) is 117 cm³/mol. The van der Waals surface area contributed by atoms with Gasteiger partial charge in [-0.05, 0) is 63.2 Å². The lowest BCUT2D eigenvalue weighted by Crippen LogP contribution is -2.30. The molecule has 0 bridgehead atoms. The second-order valence-corrected chi connectivity index (χ2v) is 7.67. The smallest absolute Gasteiger partial charge is 0.252 e. The number of aromatic nitrogens is 2. The number of para-hydroxylation sites is 1. The Morgan fingerprint density at radius 1 is 1.00 bits per heavy atom. The van der Waals surface area contributed by atoms with Crippen molar-refractivity contribution in [1.29, 1.82) is 0 Å². The lowest BCUT2D eigenvalue weighted by Gasteiger charge is -2.19. The van der Waals surface area contributed by atoms with E-state index in [-0.39, 0.29) is 5.91 Å². The highest BCUT2D eigenvalue weighted by Gasteiger charge is 2.14. The van der Waals surface area contributed by atoms with Crippen LogP contribution >= 0.6 is 0 Å². The van der Waals surface area contributed by atoms with Gasteiger partial charge in [0.15, 0.2) is 0 Å². The first-order chi connectivity index (χ1) is 14.3. The molecule has 0 radical (unpaired) electrons. The van der Waals surface area contributed by atoms with Crippen LogP contribution in [0, 0.1) is 0 Å². The Hall–Kier alpha value is -2.79. The zero-order chi connectivity index (χ0) is 19.9. The topological polar surface area (TPSA) is 58.1 Å². The number of nitrogens with one attached hydrogen (secondary N) is 1. The van der Waals surface area contributed by atoms with Gasteiger partial charge in [-0.1, -0.05) is 31.0 Å². The number of fused-ring (bicyclic) bond motifs is 1. The summed E-state index contributed by atoms with van der Waals surface area (Å²) in [5.41, 5.74) is 3.26. The van der Waals surface area contributed by atoms with Crippen LogP contribution in [-0.2, 0) is 0 Å². The summed E-state index contributed by atoms with van der Waals surface area (Å²) < 4.78 is 0. The van der Waals surface area contributed by atoms with Crippen LogP contribution in [-0.4, -0.2) is 47.0 Å². The van der Waals surface area contributed by atoms with Crippen LogP contribution in [0.2, 0.25) is 0 Å². The summed E-state index contributed by atoms with van der Waals surface area (Å²) >= 11 is 0. The maximum Gasteiger partial charge on any atom is 0.252 e. The molecule has 1 saturated heterocycles. The normalized spacial score (nSPS) is 15.2. The van der Waals surface area contributed by atoms with Crippen molar-refractivity contribution in [2.24, 2.45) is 0 Å². The van der Waals surface area contributed by atoms with Gasteiger partial charge in [-0.15, -0.1) is 0 Å². The van der Waals surface area contributed by atoms with E-state index in [2.05, 4.69) is 15.2 Å². The number of pyridine rings is 2. The quantitative estimate of drug-likeness (QED) is 0.640. The number of nitrogens with zero attached hydrogens (tertiary/aromatic N) is 3. The number of amides is 1. The Balaban J connectivity index is 1.46. The minimum absolute atomic E-state index is 0.0326. The Bertz CT molecular complexity index is 950. The average molecular weight is 389 g/mol. The number of rotatable bonds is 6. The van der Waals surface area contributed by atoms with Gasteiger partial charge in [0.05, 0.1) is 16.8 Å². The van der Waals surface area contributed by atoms with E-state index < -0.39 is 0 Å². The van der Waals surface area contributed by atoms with Crippen LogP contribution in [0.1, 0.15) is 42.5 Å². The minimum atomic E-state index is -0.0326. The van der Waals surface area contributed by atoms with Crippen LogP contribution in [0.15, 0.2) is 54.9 Å². The third kappa shape index (κ3) is 4.98. The largest absolute Gasteiger partial charge is 0.352 e. The summed E-state index contributed by atoms with van der Waals surface area (Å²) in [4.78, 5) is 24.3. The Kier molecular flexibility index (Phi) is 6.47. The predicted octanol–water partition coefficient (Wildman–Crippen LogP) is 4.29. The summed E-state index contributed by atoms with van der Waals surface area (Å²) in [6, 6.07) is 13.5.